The van der Waals surface area contributed by atoms with Crippen molar-refractivity contribution in [3.63, 3.8) is 0 Å². The molecule has 0 N–H and O–H groups in total. The zero-order chi connectivity index (χ0) is 18.3. The molecule has 9 heteroatoms. The SMILES string of the molecule is CCc1oc(C(=O)OC)cc1Cn1cnc2c1c(=O)n(C)c(=O)n2C. The van der Waals surface area contributed by atoms with Crippen molar-refractivity contribution in [2.75, 3.05) is 7.11 Å². The molecule has 0 bridgehead atoms. The molecule has 0 aliphatic rings. The molecule has 0 unspecified atom stereocenters. The molecule has 3 aromatic heterocycles. The Morgan fingerprint density at radius 1 is 1.28 bits per heavy atom. The molecule has 0 fully saturated rings. The number of ether oxygens (including phenoxy) is 1. The summed E-state index contributed by atoms with van der Waals surface area (Å²) in [6.45, 7) is 2.19. The number of carbonyl (C=O) groups is 1. The summed E-state index contributed by atoms with van der Waals surface area (Å²) in [5, 5.41) is 0. The first-order valence-corrected chi connectivity index (χ1v) is 7.69. The quantitative estimate of drug-likeness (QED) is 0.635. The maximum Gasteiger partial charge on any atom is 0.373 e. The van der Waals surface area contributed by atoms with E-state index in [4.69, 9.17) is 4.42 Å². The van der Waals surface area contributed by atoms with E-state index >= 15 is 0 Å². The van der Waals surface area contributed by atoms with Crippen LogP contribution in [0.2, 0.25) is 0 Å². The molecule has 25 heavy (non-hydrogen) atoms. The lowest BCUT2D eigenvalue weighted by Gasteiger charge is -2.06. The monoisotopic (exact) mass is 346 g/mol. The van der Waals surface area contributed by atoms with E-state index in [2.05, 4.69) is 9.72 Å². The van der Waals surface area contributed by atoms with Crippen LogP contribution in [0.15, 0.2) is 26.4 Å². The molecule has 0 atom stereocenters. The van der Waals surface area contributed by atoms with Crippen LogP contribution in [0.1, 0.15) is 28.8 Å². The van der Waals surface area contributed by atoms with Gasteiger partial charge in [0.05, 0.1) is 20.0 Å². The Labute approximate surface area is 142 Å². The van der Waals surface area contributed by atoms with Gasteiger partial charge in [-0.1, -0.05) is 6.92 Å². The number of carbonyl (C=O) groups excluding carboxylic acids is 1. The van der Waals surface area contributed by atoms with Gasteiger partial charge in [-0.15, -0.1) is 0 Å². The second-order valence-corrected chi connectivity index (χ2v) is 5.65. The fourth-order valence-corrected chi connectivity index (χ4v) is 2.80. The highest BCUT2D eigenvalue weighted by Gasteiger charge is 2.19. The van der Waals surface area contributed by atoms with E-state index in [0.717, 1.165) is 10.1 Å². The molecular weight excluding hydrogens is 328 g/mol. The number of aromatic nitrogens is 4. The van der Waals surface area contributed by atoms with Crippen molar-refractivity contribution in [3.05, 3.63) is 50.3 Å². The third kappa shape index (κ3) is 2.57. The van der Waals surface area contributed by atoms with Crippen molar-refractivity contribution in [1.82, 2.24) is 18.7 Å². The normalized spacial score (nSPS) is 11.2. The van der Waals surface area contributed by atoms with Crippen molar-refractivity contribution in [1.29, 1.82) is 0 Å². The second kappa shape index (κ2) is 6.08. The van der Waals surface area contributed by atoms with E-state index < -0.39 is 17.2 Å². The highest BCUT2D eigenvalue weighted by molar-refractivity contribution is 5.86. The number of fused-ring (bicyclic) bond motifs is 1. The van der Waals surface area contributed by atoms with Crippen LogP contribution in [0.3, 0.4) is 0 Å². The number of imidazole rings is 1. The lowest BCUT2D eigenvalue weighted by molar-refractivity contribution is 0.0563. The van der Waals surface area contributed by atoms with Crippen molar-refractivity contribution in [2.45, 2.75) is 19.9 Å². The third-order valence-electron chi connectivity index (χ3n) is 4.16. The molecule has 0 aliphatic heterocycles. The van der Waals surface area contributed by atoms with Crippen LogP contribution in [-0.2, 0) is 31.8 Å². The second-order valence-electron chi connectivity index (χ2n) is 5.65. The minimum absolute atomic E-state index is 0.110. The Morgan fingerprint density at radius 2 is 2.00 bits per heavy atom. The van der Waals surface area contributed by atoms with Crippen LogP contribution < -0.4 is 11.2 Å². The summed E-state index contributed by atoms with van der Waals surface area (Å²) >= 11 is 0. The lowest BCUT2D eigenvalue weighted by atomic mass is 10.2. The molecule has 132 valence electrons. The number of aryl methyl sites for hydroxylation is 2. The van der Waals surface area contributed by atoms with Crippen LogP contribution in [0.5, 0.6) is 0 Å². The topological polar surface area (TPSA) is 101 Å². The predicted molar refractivity (Wildman–Crippen MR) is 88.7 cm³/mol. The Balaban J connectivity index is 2.14. The summed E-state index contributed by atoms with van der Waals surface area (Å²) in [6, 6.07) is 1.60. The van der Waals surface area contributed by atoms with Crippen LogP contribution in [0, 0.1) is 0 Å². The summed E-state index contributed by atoms with van der Waals surface area (Å²) in [7, 11) is 4.27. The molecular formula is C16H18N4O5. The van der Waals surface area contributed by atoms with E-state index in [1.54, 1.807) is 17.7 Å². The lowest BCUT2D eigenvalue weighted by Crippen LogP contribution is -2.37. The van der Waals surface area contributed by atoms with Gasteiger partial charge in [-0.05, 0) is 6.07 Å². The molecule has 3 rings (SSSR count). The van der Waals surface area contributed by atoms with E-state index in [1.165, 1.54) is 25.1 Å². The van der Waals surface area contributed by atoms with Gasteiger partial charge in [-0.3, -0.25) is 13.9 Å². The van der Waals surface area contributed by atoms with E-state index in [0.29, 0.717) is 23.3 Å². The number of methoxy groups -OCH3 is 1. The van der Waals surface area contributed by atoms with E-state index in [9.17, 15) is 14.4 Å². The maximum atomic E-state index is 12.5. The molecule has 0 aromatic carbocycles. The molecule has 3 heterocycles. The summed E-state index contributed by atoms with van der Waals surface area (Å²) in [5.74, 6) is 0.178. The molecule has 0 saturated carbocycles. The van der Waals surface area contributed by atoms with E-state index in [-0.39, 0.29) is 12.3 Å². The van der Waals surface area contributed by atoms with Gasteiger partial charge in [0, 0.05) is 26.1 Å². The first-order chi connectivity index (χ1) is 11.9. The number of furan rings is 1. The Hall–Kier alpha value is -3.10. The number of nitrogens with zero attached hydrogens (tertiary/aromatic N) is 4. The van der Waals surface area contributed by atoms with Gasteiger partial charge >= 0.3 is 11.7 Å². The molecule has 0 radical (unpaired) electrons. The molecule has 3 aromatic rings. The third-order valence-corrected chi connectivity index (χ3v) is 4.16. The number of hydrogen-bond acceptors (Lipinski definition) is 6. The van der Waals surface area contributed by atoms with Gasteiger partial charge in [0.15, 0.2) is 11.2 Å². The van der Waals surface area contributed by atoms with E-state index in [1.807, 2.05) is 6.92 Å². The van der Waals surface area contributed by atoms with Crippen LogP contribution >= 0.6 is 0 Å². The molecule has 0 aliphatic carbocycles. The molecule has 0 spiro atoms. The van der Waals surface area contributed by atoms with Gasteiger partial charge in [0.2, 0.25) is 5.76 Å². The number of rotatable bonds is 4. The Bertz CT molecular complexity index is 1080. The first kappa shape index (κ1) is 16.7. The fourth-order valence-electron chi connectivity index (χ4n) is 2.80. The summed E-state index contributed by atoms with van der Waals surface area (Å²) < 4.78 is 14.2. The first-order valence-electron chi connectivity index (χ1n) is 7.69. The van der Waals surface area contributed by atoms with Gasteiger partial charge in [0.25, 0.3) is 5.56 Å². The van der Waals surface area contributed by atoms with Crippen molar-refractivity contribution < 1.29 is 13.9 Å². The molecule has 0 saturated heterocycles. The van der Waals surface area contributed by atoms with Gasteiger partial charge in [0.1, 0.15) is 5.76 Å². The minimum atomic E-state index is -0.560. The van der Waals surface area contributed by atoms with Crippen LogP contribution in [-0.4, -0.2) is 31.8 Å². The Kier molecular flexibility index (Phi) is 4.07. The van der Waals surface area contributed by atoms with Crippen molar-refractivity contribution >= 4 is 17.1 Å². The van der Waals surface area contributed by atoms with Gasteiger partial charge in [-0.2, -0.15) is 0 Å². The average molecular weight is 346 g/mol. The largest absolute Gasteiger partial charge is 0.463 e. The number of esters is 1. The zero-order valence-corrected chi connectivity index (χ0v) is 14.4. The highest BCUT2D eigenvalue weighted by atomic mass is 16.5. The van der Waals surface area contributed by atoms with Crippen molar-refractivity contribution in [3.8, 4) is 0 Å². The van der Waals surface area contributed by atoms with Crippen LogP contribution in [0.25, 0.3) is 11.2 Å². The minimum Gasteiger partial charge on any atom is -0.463 e. The number of hydrogen-bond donors (Lipinski definition) is 0. The maximum absolute atomic E-state index is 12.5. The Morgan fingerprint density at radius 3 is 2.64 bits per heavy atom. The predicted octanol–water partition coefficient (Wildman–Crippen LogP) is 0.424. The van der Waals surface area contributed by atoms with Crippen LogP contribution in [0.4, 0.5) is 0 Å². The average Bonchev–Trinajstić information content (AvgIpc) is 3.22. The zero-order valence-electron chi connectivity index (χ0n) is 14.4. The molecule has 9 nitrogen and oxygen atoms in total. The van der Waals surface area contributed by atoms with Gasteiger partial charge in [-0.25, -0.2) is 14.6 Å². The standard InChI is InChI=1S/C16H18N4O5/c1-5-10-9(6-11(25-10)15(22)24-4)7-20-8-17-13-12(20)14(21)19(3)16(23)18(13)2/h6,8H,5,7H2,1-4H3. The van der Waals surface area contributed by atoms with Gasteiger partial charge < -0.3 is 13.7 Å². The van der Waals surface area contributed by atoms with Crippen molar-refractivity contribution in [2.24, 2.45) is 14.1 Å². The fraction of sp³-hybridized carbons (Fsp3) is 0.375. The molecule has 0 amide bonds. The summed E-state index contributed by atoms with van der Waals surface area (Å²) in [5.41, 5.74) is 0.507. The highest BCUT2D eigenvalue weighted by Crippen LogP contribution is 2.19. The summed E-state index contributed by atoms with van der Waals surface area (Å²) in [6.07, 6.45) is 2.07. The summed E-state index contributed by atoms with van der Waals surface area (Å²) in [4.78, 5) is 40.3. The smallest absolute Gasteiger partial charge is 0.373 e.